The summed E-state index contributed by atoms with van der Waals surface area (Å²) in [5, 5.41) is 2.70. The summed E-state index contributed by atoms with van der Waals surface area (Å²) >= 11 is 1.46. The van der Waals surface area contributed by atoms with Gasteiger partial charge in [0.05, 0.1) is 23.8 Å². The maximum atomic E-state index is 13.8. The lowest BCUT2D eigenvalue weighted by Gasteiger charge is -2.17. The molecule has 2 saturated heterocycles. The van der Waals surface area contributed by atoms with Crippen molar-refractivity contribution in [1.82, 2.24) is 21.1 Å². The van der Waals surface area contributed by atoms with Crippen LogP contribution in [0.25, 0.3) is 0 Å². The van der Waals surface area contributed by atoms with E-state index in [2.05, 4.69) is 16.2 Å². The van der Waals surface area contributed by atoms with Crippen molar-refractivity contribution >= 4 is 23.6 Å². The second-order valence-corrected chi connectivity index (χ2v) is 6.36. The maximum Gasteiger partial charge on any atom is 0.240 e. The maximum absolute atomic E-state index is 13.8. The molecule has 0 spiro atoms. The molecule has 2 atom stereocenters. The van der Waals surface area contributed by atoms with E-state index in [9.17, 15) is 18.4 Å². The summed E-state index contributed by atoms with van der Waals surface area (Å²) in [6, 6.07) is 3.12. The van der Waals surface area contributed by atoms with Crippen molar-refractivity contribution in [3.05, 3.63) is 35.4 Å². The standard InChI is InChI=1S/C14H16F2N4O2S/c15-8-2-1-3-9(16)14(8)10-4-11(19-18-10)17-12(21)5-20-7-23-6-13(20)22/h1-3,10-11,18-19H,4-7H2,(H,17,21). The van der Waals surface area contributed by atoms with Crippen molar-refractivity contribution < 1.29 is 18.4 Å². The predicted molar refractivity (Wildman–Crippen MR) is 81.0 cm³/mol. The lowest BCUT2D eigenvalue weighted by atomic mass is 10.0. The van der Waals surface area contributed by atoms with Gasteiger partial charge in [0.25, 0.3) is 0 Å². The number of hydrogen-bond donors (Lipinski definition) is 3. The topological polar surface area (TPSA) is 73.5 Å². The number of hydrogen-bond acceptors (Lipinski definition) is 5. The van der Waals surface area contributed by atoms with Gasteiger partial charge in [-0.2, -0.15) is 0 Å². The van der Waals surface area contributed by atoms with E-state index in [1.807, 2.05) is 0 Å². The van der Waals surface area contributed by atoms with Crippen molar-refractivity contribution in [3.8, 4) is 0 Å². The Kier molecular flexibility index (Phi) is 4.79. The molecule has 1 aromatic rings. The van der Waals surface area contributed by atoms with Crippen molar-refractivity contribution in [2.45, 2.75) is 18.6 Å². The van der Waals surface area contributed by atoms with Crippen molar-refractivity contribution in [3.63, 3.8) is 0 Å². The van der Waals surface area contributed by atoms with Gasteiger partial charge in [-0.3, -0.25) is 9.59 Å². The van der Waals surface area contributed by atoms with Gasteiger partial charge in [-0.05, 0) is 12.1 Å². The van der Waals surface area contributed by atoms with Crippen LogP contribution in [0, 0.1) is 11.6 Å². The van der Waals surface area contributed by atoms with Crippen LogP contribution in [0.1, 0.15) is 18.0 Å². The molecule has 124 valence electrons. The van der Waals surface area contributed by atoms with Crippen LogP contribution < -0.4 is 16.2 Å². The van der Waals surface area contributed by atoms with Gasteiger partial charge >= 0.3 is 0 Å². The van der Waals surface area contributed by atoms with Gasteiger partial charge in [-0.1, -0.05) is 6.07 Å². The Morgan fingerprint density at radius 3 is 2.74 bits per heavy atom. The van der Waals surface area contributed by atoms with Crippen molar-refractivity contribution in [2.24, 2.45) is 0 Å². The molecular weight excluding hydrogens is 326 g/mol. The van der Waals surface area contributed by atoms with Crippen molar-refractivity contribution in [1.29, 1.82) is 0 Å². The van der Waals surface area contributed by atoms with Gasteiger partial charge in [-0.15, -0.1) is 11.8 Å². The normalized spacial score (nSPS) is 24.3. The summed E-state index contributed by atoms with van der Waals surface area (Å²) in [4.78, 5) is 24.9. The number of benzene rings is 1. The van der Waals surface area contributed by atoms with E-state index in [4.69, 9.17) is 0 Å². The van der Waals surface area contributed by atoms with Crippen LogP contribution in [-0.4, -0.2) is 41.1 Å². The fourth-order valence-corrected chi connectivity index (χ4v) is 3.54. The minimum Gasteiger partial charge on any atom is -0.338 e. The van der Waals surface area contributed by atoms with E-state index in [0.717, 1.165) is 0 Å². The minimum absolute atomic E-state index is 0.0112. The third kappa shape index (κ3) is 3.62. The summed E-state index contributed by atoms with van der Waals surface area (Å²) in [7, 11) is 0. The predicted octanol–water partition coefficient (Wildman–Crippen LogP) is 0.479. The van der Waals surface area contributed by atoms with E-state index in [1.54, 1.807) is 0 Å². The first kappa shape index (κ1) is 16.2. The minimum atomic E-state index is -0.629. The van der Waals surface area contributed by atoms with Crippen LogP contribution in [-0.2, 0) is 9.59 Å². The SMILES string of the molecule is O=C(CN1CSCC1=O)NC1CC(c2c(F)cccc2F)NN1. The first-order chi connectivity index (χ1) is 11.0. The number of rotatable bonds is 4. The third-order valence-corrected chi connectivity index (χ3v) is 4.69. The van der Waals surface area contributed by atoms with Gasteiger partial charge in [0, 0.05) is 12.0 Å². The zero-order chi connectivity index (χ0) is 16.4. The van der Waals surface area contributed by atoms with Gasteiger partial charge in [0.15, 0.2) is 0 Å². The molecule has 0 aliphatic carbocycles. The van der Waals surface area contributed by atoms with E-state index in [0.29, 0.717) is 18.1 Å². The van der Waals surface area contributed by atoms with Crippen LogP contribution in [0.4, 0.5) is 8.78 Å². The fraction of sp³-hybridized carbons (Fsp3) is 0.429. The third-order valence-electron chi connectivity index (χ3n) is 3.75. The van der Waals surface area contributed by atoms with Crippen LogP contribution in [0.15, 0.2) is 18.2 Å². The molecule has 0 saturated carbocycles. The van der Waals surface area contributed by atoms with Crippen LogP contribution in [0.5, 0.6) is 0 Å². The highest BCUT2D eigenvalue weighted by atomic mass is 32.2. The van der Waals surface area contributed by atoms with E-state index >= 15 is 0 Å². The molecule has 3 N–H and O–H groups in total. The second-order valence-electron chi connectivity index (χ2n) is 5.40. The zero-order valence-electron chi connectivity index (χ0n) is 12.1. The van der Waals surface area contributed by atoms with Gasteiger partial charge in [0.1, 0.15) is 18.2 Å². The van der Waals surface area contributed by atoms with Gasteiger partial charge in [-0.25, -0.2) is 19.6 Å². The molecule has 2 amide bonds. The quantitative estimate of drug-likeness (QED) is 0.742. The molecule has 23 heavy (non-hydrogen) atoms. The van der Waals surface area contributed by atoms with Crippen molar-refractivity contribution in [2.75, 3.05) is 18.2 Å². The number of halogens is 2. The first-order valence-corrected chi connectivity index (χ1v) is 8.30. The van der Waals surface area contributed by atoms with E-state index in [1.165, 1.54) is 34.9 Å². The molecule has 3 rings (SSSR count). The monoisotopic (exact) mass is 342 g/mol. The average Bonchev–Trinajstić information content (AvgIpc) is 3.09. The molecular formula is C14H16F2N4O2S. The Labute approximate surface area is 135 Å². The van der Waals surface area contributed by atoms with Gasteiger partial charge in [0.2, 0.25) is 11.8 Å². The molecule has 1 aromatic carbocycles. The number of carbonyl (C=O) groups is 2. The molecule has 0 bridgehead atoms. The highest BCUT2D eigenvalue weighted by Crippen LogP contribution is 2.26. The molecule has 2 aliphatic heterocycles. The number of hydrazine groups is 1. The molecule has 2 unspecified atom stereocenters. The Balaban J connectivity index is 1.55. The number of amides is 2. The smallest absolute Gasteiger partial charge is 0.240 e. The summed E-state index contributed by atoms with van der Waals surface area (Å²) < 4.78 is 27.5. The fourth-order valence-electron chi connectivity index (χ4n) is 2.64. The Morgan fingerprint density at radius 2 is 2.09 bits per heavy atom. The first-order valence-electron chi connectivity index (χ1n) is 7.14. The Hall–Kier alpha value is -1.71. The number of nitrogens with zero attached hydrogens (tertiary/aromatic N) is 1. The second kappa shape index (κ2) is 6.81. The molecule has 2 aliphatic rings. The van der Waals surface area contributed by atoms with Crippen LogP contribution in [0.2, 0.25) is 0 Å². The molecule has 2 heterocycles. The zero-order valence-corrected chi connectivity index (χ0v) is 13.0. The van der Waals surface area contributed by atoms with E-state index in [-0.39, 0.29) is 23.9 Å². The molecule has 6 nitrogen and oxygen atoms in total. The van der Waals surface area contributed by atoms with Crippen LogP contribution in [0.3, 0.4) is 0 Å². The summed E-state index contributed by atoms with van der Waals surface area (Å²) in [5.74, 6) is -0.729. The number of thioether (sulfide) groups is 1. The highest BCUT2D eigenvalue weighted by Gasteiger charge is 2.31. The van der Waals surface area contributed by atoms with E-state index < -0.39 is 23.8 Å². The number of nitrogens with one attached hydrogen (secondary N) is 3. The average molecular weight is 342 g/mol. The number of carbonyl (C=O) groups excluding carboxylic acids is 2. The Bertz CT molecular complexity index is 611. The molecule has 9 heteroatoms. The summed E-state index contributed by atoms with van der Waals surface area (Å²) in [6.07, 6.45) is -0.163. The Morgan fingerprint density at radius 1 is 1.35 bits per heavy atom. The molecule has 0 aromatic heterocycles. The van der Waals surface area contributed by atoms with Crippen LogP contribution >= 0.6 is 11.8 Å². The largest absolute Gasteiger partial charge is 0.338 e. The molecule has 2 fully saturated rings. The highest BCUT2D eigenvalue weighted by molar-refractivity contribution is 8.00. The lowest BCUT2D eigenvalue weighted by molar-refractivity contribution is -0.132. The summed E-state index contributed by atoms with van der Waals surface area (Å²) in [5.41, 5.74) is 5.53. The molecule has 0 radical (unpaired) electrons. The summed E-state index contributed by atoms with van der Waals surface area (Å²) in [6.45, 7) is -0.0112. The van der Waals surface area contributed by atoms with Gasteiger partial charge < -0.3 is 10.2 Å². The lowest BCUT2D eigenvalue weighted by Crippen LogP contribution is -2.48.